The second kappa shape index (κ2) is 10.9. The summed E-state index contributed by atoms with van der Waals surface area (Å²) in [5, 5.41) is 3.21. The molecule has 1 aromatic heterocycles. The Hall–Kier alpha value is -3.40. The topological polar surface area (TPSA) is 73.2 Å². The normalized spacial score (nSPS) is 19.7. The lowest BCUT2D eigenvalue weighted by molar-refractivity contribution is -0.0502. The highest BCUT2D eigenvalue weighted by molar-refractivity contribution is 6.02. The molecule has 3 aromatic rings. The monoisotopic (exact) mass is 518 g/mol. The van der Waals surface area contributed by atoms with Crippen LogP contribution in [0.5, 0.6) is 17.2 Å². The number of amides is 1. The lowest BCUT2D eigenvalue weighted by Gasteiger charge is -2.26. The third-order valence-corrected chi connectivity index (χ3v) is 6.74. The molecule has 2 fully saturated rings. The molecule has 1 aliphatic heterocycles. The molecule has 1 amide bonds. The fourth-order valence-corrected chi connectivity index (χ4v) is 4.67. The van der Waals surface area contributed by atoms with Crippen LogP contribution in [-0.4, -0.2) is 63.0 Å². The fraction of sp³-hybridized carbons (Fsp3) is 0.444. The number of carbonyl (C=O) groups is 1. The fourth-order valence-electron chi connectivity index (χ4n) is 4.67. The van der Waals surface area contributed by atoms with E-state index in [0.29, 0.717) is 29.1 Å². The summed E-state index contributed by atoms with van der Waals surface area (Å²) >= 11 is 0. The average Bonchev–Trinajstić information content (AvgIpc) is 3.41. The van der Waals surface area contributed by atoms with Crippen molar-refractivity contribution in [2.24, 2.45) is 0 Å². The molecule has 2 heterocycles. The Morgan fingerprint density at radius 2 is 1.92 bits per heavy atom. The van der Waals surface area contributed by atoms with Crippen molar-refractivity contribution in [3.8, 4) is 28.4 Å². The minimum Gasteiger partial charge on any atom is -0.496 e. The molecule has 1 aliphatic carbocycles. The molecule has 2 atom stereocenters. The number of methoxy groups -OCH3 is 1. The number of hydrogen-bond donors (Lipinski definition) is 1. The number of rotatable bonds is 10. The molecule has 1 saturated carbocycles. The molecule has 198 valence electrons. The van der Waals surface area contributed by atoms with Crippen LogP contribution >= 0.6 is 0 Å². The van der Waals surface area contributed by atoms with Gasteiger partial charge >= 0.3 is 6.61 Å². The van der Waals surface area contributed by atoms with E-state index in [1.165, 1.54) is 38.7 Å². The smallest absolute Gasteiger partial charge is 0.387 e. The molecule has 1 N–H and O–H groups in total. The number of piperidine rings is 1. The highest BCUT2D eigenvalue weighted by atomic mass is 19.3. The van der Waals surface area contributed by atoms with E-state index in [1.807, 2.05) is 12.1 Å². The summed E-state index contributed by atoms with van der Waals surface area (Å²) in [6.07, 6.45) is 4.26. The Morgan fingerprint density at radius 1 is 1.16 bits per heavy atom. The molecular weight excluding hydrogens is 489 g/mol. The van der Waals surface area contributed by atoms with E-state index < -0.39 is 24.7 Å². The second-order valence-electron chi connectivity index (χ2n) is 9.32. The lowest BCUT2D eigenvalue weighted by atomic mass is 10.0. The van der Waals surface area contributed by atoms with Gasteiger partial charge in [-0.2, -0.15) is 8.78 Å². The van der Waals surface area contributed by atoms with Crippen molar-refractivity contribution in [3.63, 3.8) is 0 Å². The minimum absolute atomic E-state index is 0.0220. The van der Waals surface area contributed by atoms with Crippen LogP contribution in [0.15, 0.2) is 41.0 Å². The van der Waals surface area contributed by atoms with Gasteiger partial charge in [0.1, 0.15) is 41.2 Å². The van der Waals surface area contributed by atoms with E-state index in [2.05, 4.69) is 15.0 Å². The van der Waals surface area contributed by atoms with Crippen molar-refractivity contribution in [1.29, 1.82) is 0 Å². The van der Waals surface area contributed by atoms with Gasteiger partial charge in [0.25, 0.3) is 5.91 Å². The predicted molar refractivity (Wildman–Crippen MR) is 131 cm³/mol. The number of hydrogen-bond acceptors (Lipinski definition) is 6. The number of benzene rings is 2. The second-order valence-corrected chi connectivity index (χ2v) is 9.32. The Morgan fingerprint density at radius 3 is 2.62 bits per heavy atom. The van der Waals surface area contributed by atoms with E-state index in [9.17, 15) is 18.0 Å². The number of halogens is 3. The maximum atomic E-state index is 13.3. The first-order valence-electron chi connectivity index (χ1n) is 12.4. The molecule has 2 aromatic carbocycles. The molecular formula is C27H29F3N2O5. The van der Waals surface area contributed by atoms with E-state index >= 15 is 0 Å². The summed E-state index contributed by atoms with van der Waals surface area (Å²) in [6.45, 7) is 0.454. The van der Waals surface area contributed by atoms with Crippen LogP contribution in [0.25, 0.3) is 22.1 Å². The average molecular weight is 519 g/mol. The molecule has 10 heteroatoms. The number of likely N-dealkylation sites (tertiary alicyclic amines) is 1. The Kier molecular flexibility index (Phi) is 7.45. The number of ether oxygens (including phenoxy) is 3. The maximum absolute atomic E-state index is 13.3. The van der Waals surface area contributed by atoms with Gasteiger partial charge in [-0.25, -0.2) is 4.39 Å². The number of furan rings is 1. The molecule has 7 nitrogen and oxygen atoms in total. The standard InChI is InChI=1S/C27H29F3N2O5/c1-34-23-11-16(12-24(37-27(29)30)25(23)26(33)31-21-14-20(21)28)19-15-36-22-13-17(5-6-18(19)22)35-10-9-32-7-3-2-4-8-32/h5-6,11-13,15,20-21,27H,2-4,7-10,14H2,1H3,(H,31,33)/t20-,21+/m0/s1. The van der Waals surface area contributed by atoms with E-state index in [-0.39, 0.29) is 23.5 Å². The van der Waals surface area contributed by atoms with Gasteiger partial charge in [0.2, 0.25) is 0 Å². The molecule has 5 rings (SSSR count). The van der Waals surface area contributed by atoms with Gasteiger partial charge in [-0.15, -0.1) is 0 Å². The lowest BCUT2D eigenvalue weighted by Crippen LogP contribution is -2.33. The van der Waals surface area contributed by atoms with Crippen molar-refractivity contribution in [2.45, 2.75) is 44.5 Å². The molecule has 1 saturated heterocycles. The van der Waals surface area contributed by atoms with Crippen molar-refractivity contribution < 1.29 is 36.6 Å². The summed E-state index contributed by atoms with van der Waals surface area (Å²) in [6, 6.07) is 7.67. The highest BCUT2D eigenvalue weighted by Gasteiger charge is 2.40. The zero-order chi connectivity index (χ0) is 25.9. The first-order chi connectivity index (χ1) is 17.9. The molecule has 0 unspecified atom stereocenters. The highest BCUT2D eigenvalue weighted by Crippen LogP contribution is 2.40. The zero-order valence-corrected chi connectivity index (χ0v) is 20.5. The zero-order valence-electron chi connectivity index (χ0n) is 20.5. The van der Waals surface area contributed by atoms with Crippen LogP contribution in [0.1, 0.15) is 36.0 Å². The van der Waals surface area contributed by atoms with Gasteiger partial charge in [-0.3, -0.25) is 9.69 Å². The maximum Gasteiger partial charge on any atom is 0.387 e. The number of nitrogens with zero attached hydrogens (tertiary/aromatic N) is 1. The number of nitrogens with one attached hydrogen (secondary N) is 1. The molecule has 0 radical (unpaired) electrons. The summed E-state index contributed by atoms with van der Waals surface area (Å²) in [7, 11) is 1.32. The van der Waals surface area contributed by atoms with Gasteiger partial charge in [0.15, 0.2) is 0 Å². The number of carbonyl (C=O) groups excluding carboxylic acids is 1. The molecule has 0 spiro atoms. The number of alkyl halides is 3. The Bertz CT molecular complexity index is 1260. The SMILES string of the molecule is COc1cc(-c2coc3cc(OCCN4CCCCC4)ccc23)cc(OC(F)F)c1C(=O)N[C@@H]1C[C@@H]1F. The van der Waals surface area contributed by atoms with E-state index in [4.69, 9.17) is 13.9 Å². The van der Waals surface area contributed by atoms with Crippen molar-refractivity contribution in [3.05, 3.63) is 42.2 Å². The predicted octanol–water partition coefficient (Wildman–Crippen LogP) is 5.41. The van der Waals surface area contributed by atoms with Crippen molar-refractivity contribution in [2.75, 3.05) is 33.4 Å². The third kappa shape index (κ3) is 5.79. The first-order valence-corrected chi connectivity index (χ1v) is 12.4. The van der Waals surface area contributed by atoms with Gasteiger partial charge in [-0.1, -0.05) is 6.42 Å². The van der Waals surface area contributed by atoms with E-state index in [0.717, 1.165) is 25.0 Å². The van der Waals surface area contributed by atoms with Crippen molar-refractivity contribution >= 4 is 16.9 Å². The number of fused-ring (bicyclic) bond motifs is 1. The first kappa shape index (κ1) is 25.3. The quantitative estimate of drug-likeness (QED) is 0.387. The summed E-state index contributed by atoms with van der Waals surface area (Å²) in [5.74, 6) is -0.422. The van der Waals surface area contributed by atoms with Gasteiger partial charge in [0, 0.05) is 30.0 Å². The van der Waals surface area contributed by atoms with Crippen LogP contribution in [0.4, 0.5) is 13.2 Å². The van der Waals surface area contributed by atoms with E-state index in [1.54, 1.807) is 12.1 Å². The van der Waals surface area contributed by atoms with Crippen LogP contribution in [0.2, 0.25) is 0 Å². The molecule has 2 aliphatic rings. The van der Waals surface area contributed by atoms with Crippen LogP contribution in [0, 0.1) is 0 Å². The minimum atomic E-state index is -3.17. The summed E-state index contributed by atoms with van der Waals surface area (Å²) in [4.78, 5) is 15.1. The Balaban J connectivity index is 1.39. The molecule has 37 heavy (non-hydrogen) atoms. The van der Waals surface area contributed by atoms with Crippen LogP contribution in [0.3, 0.4) is 0 Å². The van der Waals surface area contributed by atoms with Crippen LogP contribution in [-0.2, 0) is 0 Å². The Labute approximate surface area is 212 Å². The van der Waals surface area contributed by atoms with Gasteiger partial charge in [0.05, 0.1) is 19.4 Å². The summed E-state index contributed by atoms with van der Waals surface area (Å²) < 4.78 is 61.5. The third-order valence-electron chi connectivity index (χ3n) is 6.74. The largest absolute Gasteiger partial charge is 0.496 e. The molecule has 0 bridgehead atoms. The summed E-state index contributed by atoms with van der Waals surface area (Å²) in [5.41, 5.74) is 1.40. The van der Waals surface area contributed by atoms with Crippen LogP contribution < -0.4 is 19.5 Å². The van der Waals surface area contributed by atoms with Crippen molar-refractivity contribution in [1.82, 2.24) is 10.2 Å². The van der Waals surface area contributed by atoms with Gasteiger partial charge in [-0.05, 0) is 55.8 Å². The van der Waals surface area contributed by atoms with Gasteiger partial charge < -0.3 is 23.9 Å².